The van der Waals surface area contributed by atoms with Crippen LogP contribution in [0.3, 0.4) is 0 Å². The summed E-state index contributed by atoms with van der Waals surface area (Å²) in [6.07, 6.45) is 0.991. The van der Waals surface area contributed by atoms with Crippen molar-refractivity contribution >= 4 is 34.8 Å². The van der Waals surface area contributed by atoms with Crippen LogP contribution in [0.25, 0.3) is 5.69 Å². The van der Waals surface area contributed by atoms with Gasteiger partial charge < -0.3 is 19.9 Å². The van der Waals surface area contributed by atoms with Gasteiger partial charge in [-0.25, -0.2) is 4.98 Å². The van der Waals surface area contributed by atoms with Crippen LogP contribution in [0.4, 0.5) is 5.69 Å². The molecule has 1 saturated heterocycles. The predicted octanol–water partition coefficient (Wildman–Crippen LogP) is 4.66. The molecule has 0 saturated carbocycles. The van der Waals surface area contributed by atoms with Crippen molar-refractivity contribution < 1.29 is 9.90 Å². The molecule has 1 aliphatic rings. The second-order valence-corrected chi connectivity index (χ2v) is 10.4. The molecule has 2 heterocycles. The maximum atomic E-state index is 13.0. The molecule has 0 aliphatic carbocycles. The molecule has 9 heteroatoms. The lowest BCUT2D eigenvalue weighted by Crippen LogP contribution is -2.50. The molecule has 0 radical (unpaired) electrons. The average molecular weight is 545 g/mol. The zero-order valence-electron chi connectivity index (χ0n) is 21.7. The van der Waals surface area contributed by atoms with E-state index in [9.17, 15) is 9.90 Å². The molecule has 4 rings (SSSR count). The Morgan fingerprint density at radius 2 is 1.78 bits per heavy atom. The second-order valence-electron chi connectivity index (χ2n) is 9.56. The number of β-amino-alcohol motifs (C(OH)–C–C–N with tert-alkyl or cyclic N) is 1. The molecule has 7 nitrogen and oxygen atoms in total. The zero-order valence-corrected chi connectivity index (χ0v) is 23.2. The summed E-state index contributed by atoms with van der Waals surface area (Å²) in [7, 11) is 0. The largest absolute Gasteiger partial charge is 0.390 e. The van der Waals surface area contributed by atoms with Crippen molar-refractivity contribution in [2.45, 2.75) is 39.7 Å². The molecular formula is C28H35Cl2N5O2. The number of nitrogens with zero attached hydrogens (tertiary/aromatic N) is 4. The molecule has 198 valence electrons. The maximum Gasteiger partial charge on any atom is 0.271 e. The lowest BCUT2D eigenvalue weighted by atomic mass is 10.1. The van der Waals surface area contributed by atoms with E-state index in [0.29, 0.717) is 17.3 Å². The van der Waals surface area contributed by atoms with Gasteiger partial charge in [0.05, 0.1) is 11.8 Å². The highest BCUT2D eigenvalue weighted by Gasteiger charge is 2.23. The Kier molecular flexibility index (Phi) is 9.13. The van der Waals surface area contributed by atoms with Gasteiger partial charge in [0.2, 0.25) is 0 Å². The molecule has 1 fully saturated rings. The minimum absolute atomic E-state index is 0.169. The quantitative estimate of drug-likeness (QED) is 0.410. The summed E-state index contributed by atoms with van der Waals surface area (Å²) in [6, 6.07) is 13.5. The van der Waals surface area contributed by atoms with Gasteiger partial charge in [0.25, 0.3) is 5.91 Å². The number of hydrogen-bond acceptors (Lipinski definition) is 5. The highest BCUT2D eigenvalue weighted by atomic mass is 35.5. The van der Waals surface area contributed by atoms with E-state index in [2.05, 4.69) is 33.1 Å². The van der Waals surface area contributed by atoms with E-state index in [1.807, 2.05) is 54.8 Å². The summed E-state index contributed by atoms with van der Waals surface area (Å²) in [5, 5.41) is 15.0. The SMILES string of the molecule is CCCc1nc(C(=O)NCC(O)CN2CCN(c3cccc(Cl)c3C)CC2)c(C)n1-c1ccc(Cl)cc1. The fraction of sp³-hybridized carbons (Fsp3) is 0.429. The number of anilines is 1. The summed E-state index contributed by atoms with van der Waals surface area (Å²) in [4.78, 5) is 22.2. The molecule has 1 aliphatic heterocycles. The lowest BCUT2D eigenvalue weighted by molar-refractivity contribution is 0.0847. The van der Waals surface area contributed by atoms with Crippen molar-refractivity contribution in [3.63, 3.8) is 0 Å². The molecule has 2 aromatic carbocycles. The van der Waals surface area contributed by atoms with Gasteiger partial charge in [0.15, 0.2) is 0 Å². The topological polar surface area (TPSA) is 73.6 Å². The second kappa shape index (κ2) is 12.3. The smallest absolute Gasteiger partial charge is 0.271 e. The number of aliphatic hydroxyl groups is 1. The Labute approximate surface area is 229 Å². The molecule has 1 aromatic heterocycles. The first-order valence-electron chi connectivity index (χ1n) is 12.8. The number of aliphatic hydroxyl groups excluding tert-OH is 1. The van der Waals surface area contributed by atoms with Gasteiger partial charge in [0.1, 0.15) is 11.5 Å². The molecule has 37 heavy (non-hydrogen) atoms. The van der Waals surface area contributed by atoms with Crippen LogP contribution in [0, 0.1) is 13.8 Å². The minimum Gasteiger partial charge on any atom is -0.390 e. The van der Waals surface area contributed by atoms with Gasteiger partial charge >= 0.3 is 0 Å². The number of benzene rings is 2. The third-order valence-electron chi connectivity index (χ3n) is 6.87. The Balaban J connectivity index is 1.33. The number of amides is 1. The standard InChI is InChI=1S/C28H35Cl2N5O2/c1-4-6-26-32-27(20(3)35(26)22-11-9-21(29)10-12-22)28(37)31-17-23(36)18-33-13-15-34(16-14-33)25-8-5-7-24(30)19(25)2/h5,7-12,23,36H,4,6,13-18H2,1-3H3,(H,31,37). The van der Waals surface area contributed by atoms with Crippen LogP contribution in [0.1, 0.15) is 40.9 Å². The maximum absolute atomic E-state index is 13.0. The number of rotatable bonds is 9. The lowest BCUT2D eigenvalue weighted by Gasteiger charge is -2.37. The van der Waals surface area contributed by atoms with Crippen LogP contribution in [-0.2, 0) is 6.42 Å². The van der Waals surface area contributed by atoms with Crippen LogP contribution in [0.15, 0.2) is 42.5 Å². The number of hydrogen-bond donors (Lipinski definition) is 2. The van der Waals surface area contributed by atoms with E-state index >= 15 is 0 Å². The van der Waals surface area contributed by atoms with Crippen molar-refractivity contribution in [1.29, 1.82) is 0 Å². The minimum atomic E-state index is -0.669. The number of piperazine rings is 1. The number of imidazole rings is 1. The highest BCUT2D eigenvalue weighted by Crippen LogP contribution is 2.27. The number of aromatic nitrogens is 2. The van der Waals surface area contributed by atoms with Crippen molar-refractivity contribution in [2.75, 3.05) is 44.2 Å². The summed E-state index contributed by atoms with van der Waals surface area (Å²) in [5.41, 5.74) is 4.33. The number of carbonyl (C=O) groups excluding carboxylic acids is 1. The van der Waals surface area contributed by atoms with Gasteiger partial charge in [-0.1, -0.05) is 36.2 Å². The van der Waals surface area contributed by atoms with Crippen molar-refractivity contribution in [3.8, 4) is 5.69 Å². The first kappa shape index (κ1) is 27.5. The average Bonchev–Trinajstić information content (AvgIpc) is 3.21. The Bertz CT molecular complexity index is 1220. The third-order valence-corrected chi connectivity index (χ3v) is 7.53. The van der Waals surface area contributed by atoms with Crippen LogP contribution in [0.2, 0.25) is 10.0 Å². The number of nitrogens with one attached hydrogen (secondary N) is 1. The third kappa shape index (κ3) is 6.47. The zero-order chi connectivity index (χ0) is 26.5. The van der Waals surface area contributed by atoms with Gasteiger partial charge in [-0.05, 0) is 62.2 Å². The molecule has 1 amide bonds. The molecule has 2 N–H and O–H groups in total. The molecule has 0 spiro atoms. The monoisotopic (exact) mass is 543 g/mol. The Morgan fingerprint density at radius 3 is 2.46 bits per heavy atom. The Hall–Kier alpha value is -2.58. The summed E-state index contributed by atoms with van der Waals surface area (Å²) >= 11 is 12.4. The van der Waals surface area contributed by atoms with Crippen molar-refractivity contribution in [2.24, 2.45) is 0 Å². The number of halogens is 2. The fourth-order valence-corrected chi connectivity index (χ4v) is 5.16. The molecule has 3 aromatic rings. The van der Waals surface area contributed by atoms with Crippen LogP contribution in [-0.4, -0.2) is 70.8 Å². The van der Waals surface area contributed by atoms with Crippen LogP contribution < -0.4 is 10.2 Å². The predicted molar refractivity (Wildman–Crippen MR) is 150 cm³/mol. The highest BCUT2D eigenvalue weighted by molar-refractivity contribution is 6.31. The summed E-state index contributed by atoms with van der Waals surface area (Å²) in [6.45, 7) is 10.1. The normalized spacial score (nSPS) is 15.1. The number of aryl methyl sites for hydroxylation is 1. The molecule has 1 unspecified atom stereocenters. The fourth-order valence-electron chi connectivity index (χ4n) is 4.87. The number of carbonyl (C=O) groups is 1. The Morgan fingerprint density at radius 1 is 1.08 bits per heavy atom. The van der Waals surface area contributed by atoms with E-state index in [4.69, 9.17) is 23.2 Å². The van der Waals surface area contributed by atoms with E-state index in [1.165, 1.54) is 0 Å². The summed E-state index contributed by atoms with van der Waals surface area (Å²) in [5.74, 6) is 0.559. The van der Waals surface area contributed by atoms with E-state index in [-0.39, 0.29) is 12.5 Å². The molecular weight excluding hydrogens is 509 g/mol. The van der Waals surface area contributed by atoms with Crippen molar-refractivity contribution in [1.82, 2.24) is 19.8 Å². The van der Waals surface area contributed by atoms with Gasteiger partial charge in [-0.3, -0.25) is 9.69 Å². The first-order valence-corrected chi connectivity index (χ1v) is 13.6. The van der Waals surface area contributed by atoms with E-state index in [0.717, 1.165) is 72.5 Å². The van der Waals surface area contributed by atoms with Crippen LogP contribution in [0.5, 0.6) is 0 Å². The van der Waals surface area contributed by atoms with Gasteiger partial charge in [0, 0.05) is 67.1 Å². The van der Waals surface area contributed by atoms with Gasteiger partial charge in [-0.15, -0.1) is 0 Å². The van der Waals surface area contributed by atoms with Crippen molar-refractivity contribution in [3.05, 3.63) is 75.3 Å². The van der Waals surface area contributed by atoms with E-state index < -0.39 is 6.10 Å². The summed E-state index contributed by atoms with van der Waals surface area (Å²) < 4.78 is 2.01. The first-order chi connectivity index (χ1) is 17.8. The van der Waals surface area contributed by atoms with Gasteiger partial charge in [-0.2, -0.15) is 0 Å². The molecule has 0 bridgehead atoms. The van der Waals surface area contributed by atoms with Crippen LogP contribution >= 0.6 is 23.2 Å². The molecule has 1 atom stereocenters. The van der Waals surface area contributed by atoms with E-state index in [1.54, 1.807) is 0 Å².